The second-order valence-corrected chi connectivity index (χ2v) is 4.59. The molecular weight excluding hydrogens is 254 g/mol. The van der Waals surface area contributed by atoms with Crippen LogP contribution in [-0.4, -0.2) is 48.3 Å². The van der Waals surface area contributed by atoms with E-state index in [-0.39, 0.29) is 5.60 Å². The summed E-state index contributed by atoms with van der Waals surface area (Å²) >= 11 is 0. The molecule has 0 saturated carbocycles. The third-order valence-electron chi connectivity index (χ3n) is 1.67. The number of nitrogens with one attached hydrogen (secondary N) is 1. The van der Waals surface area contributed by atoms with Gasteiger partial charge < -0.3 is 19.9 Å². The third kappa shape index (κ3) is 12.4. The lowest BCUT2D eigenvalue weighted by molar-refractivity contribution is -0.144. The molecule has 0 aliphatic rings. The summed E-state index contributed by atoms with van der Waals surface area (Å²) in [5.74, 6) is -2.63. The zero-order valence-corrected chi connectivity index (χ0v) is 11.3. The van der Waals surface area contributed by atoms with Gasteiger partial charge in [-0.3, -0.25) is 4.79 Å². The van der Waals surface area contributed by atoms with Gasteiger partial charge in [-0.15, -0.1) is 0 Å². The van der Waals surface area contributed by atoms with Gasteiger partial charge in [0.15, 0.2) is 6.61 Å². The van der Waals surface area contributed by atoms with Crippen LogP contribution in [0.1, 0.15) is 20.8 Å². The van der Waals surface area contributed by atoms with Gasteiger partial charge in [0, 0.05) is 18.7 Å². The number of ether oxygens (including phenoxy) is 2. The van der Waals surface area contributed by atoms with E-state index in [1.807, 2.05) is 20.8 Å². The molecule has 0 spiro atoms. The van der Waals surface area contributed by atoms with Crippen LogP contribution in [-0.2, 0) is 23.9 Å². The Kier molecular flexibility index (Phi) is 7.43. The molecule has 0 fully saturated rings. The molecule has 1 amide bonds. The Morgan fingerprint density at radius 3 is 2.37 bits per heavy atom. The zero-order chi connectivity index (χ0) is 14.9. The van der Waals surface area contributed by atoms with Gasteiger partial charge in [0.05, 0.1) is 12.2 Å². The minimum Gasteiger partial charge on any atom is -0.478 e. The number of hydrogen-bond donors (Lipinski definition) is 2. The summed E-state index contributed by atoms with van der Waals surface area (Å²) in [7, 11) is 0. The highest BCUT2D eigenvalue weighted by molar-refractivity contribution is 5.91. The Morgan fingerprint density at radius 2 is 1.84 bits per heavy atom. The van der Waals surface area contributed by atoms with Crippen molar-refractivity contribution in [1.82, 2.24) is 5.32 Å². The van der Waals surface area contributed by atoms with E-state index in [1.54, 1.807) is 0 Å². The SMILES string of the molecule is CC(C)(C)OCCNC(=O)COC(=O)/C=C/C(=O)O. The first-order chi connectivity index (χ1) is 8.70. The van der Waals surface area contributed by atoms with E-state index in [1.165, 1.54) is 0 Å². The van der Waals surface area contributed by atoms with Gasteiger partial charge in [0.25, 0.3) is 5.91 Å². The number of esters is 1. The van der Waals surface area contributed by atoms with Crippen LogP contribution in [0.25, 0.3) is 0 Å². The van der Waals surface area contributed by atoms with Gasteiger partial charge in [-0.2, -0.15) is 0 Å². The highest BCUT2D eigenvalue weighted by Crippen LogP contribution is 2.04. The lowest BCUT2D eigenvalue weighted by atomic mass is 10.2. The molecule has 0 rings (SSSR count). The first-order valence-corrected chi connectivity index (χ1v) is 5.69. The van der Waals surface area contributed by atoms with Crippen LogP contribution >= 0.6 is 0 Å². The van der Waals surface area contributed by atoms with Gasteiger partial charge in [-0.05, 0) is 20.8 Å². The molecule has 0 aliphatic carbocycles. The van der Waals surface area contributed by atoms with Crippen LogP contribution in [0.2, 0.25) is 0 Å². The van der Waals surface area contributed by atoms with Crippen molar-refractivity contribution in [3.63, 3.8) is 0 Å². The van der Waals surface area contributed by atoms with E-state index in [0.717, 1.165) is 6.08 Å². The number of amides is 1. The van der Waals surface area contributed by atoms with Gasteiger partial charge in [0.1, 0.15) is 0 Å². The van der Waals surface area contributed by atoms with Crippen LogP contribution in [0.5, 0.6) is 0 Å². The van der Waals surface area contributed by atoms with E-state index >= 15 is 0 Å². The molecule has 0 radical (unpaired) electrons. The van der Waals surface area contributed by atoms with Crippen molar-refractivity contribution in [3.05, 3.63) is 12.2 Å². The van der Waals surface area contributed by atoms with Crippen molar-refractivity contribution in [1.29, 1.82) is 0 Å². The van der Waals surface area contributed by atoms with E-state index in [0.29, 0.717) is 19.2 Å². The van der Waals surface area contributed by atoms with E-state index in [2.05, 4.69) is 10.1 Å². The van der Waals surface area contributed by atoms with Crippen molar-refractivity contribution in [3.8, 4) is 0 Å². The highest BCUT2D eigenvalue weighted by atomic mass is 16.5. The zero-order valence-electron chi connectivity index (χ0n) is 11.3. The Bertz CT molecular complexity index is 356. The molecule has 0 heterocycles. The number of aliphatic carboxylic acids is 1. The standard InChI is InChI=1S/C12H19NO6/c1-12(2,3)19-7-6-13-9(14)8-18-11(17)5-4-10(15)16/h4-5H,6-8H2,1-3H3,(H,13,14)(H,15,16)/b5-4+. The van der Waals surface area contributed by atoms with Crippen molar-refractivity contribution in [2.45, 2.75) is 26.4 Å². The quantitative estimate of drug-likeness (QED) is 0.387. The number of carbonyl (C=O) groups is 3. The maximum Gasteiger partial charge on any atom is 0.331 e. The lowest BCUT2D eigenvalue weighted by Crippen LogP contribution is -2.33. The van der Waals surface area contributed by atoms with Gasteiger partial charge in [-0.1, -0.05) is 0 Å². The molecule has 19 heavy (non-hydrogen) atoms. The average molecular weight is 273 g/mol. The molecule has 0 aromatic rings. The monoisotopic (exact) mass is 273 g/mol. The maximum atomic E-state index is 11.2. The lowest BCUT2D eigenvalue weighted by Gasteiger charge is -2.19. The first-order valence-electron chi connectivity index (χ1n) is 5.69. The topological polar surface area (TPSA) is 102 Å². The molecule has 0 saturated heterocycles. The summed E-state index contributed by atoms with van der Waals surface area (Å²) in [6.07, 6.45) is 1.37. The fourth-order valence-electron chi connectivity index (χ4n) is 0.923. The Balaban J connectivity index is 3.71. The molecule has 0 unspecified atom stereocenters. The molecule has 0 atom stereocenters. The van der Waals surface area contributed by atoms with E-state index < -0.39 is 24.5 Å². The summed E-state index contributed by atoms with van der Waals surface area (Å²) in [6, 6.07) is 0. The summed E-state index contributed by atoms with van der Waals surface area (Å²) < 4.78 is 9.88. The average Bonchev–Trinajstić information content (AvgIpc) is 2.28. The van der Waals surface area contributed by atoms with Gasteiger partial charge in [-0.25, -0.2) is 9.59 Å². The largest absolute Gasteiger partial charge is 0.478 e. The van der Waals surface area contributed by atoms with E-state index in [4.69, 9.17) is 9.84 Å². The fourth-order valence-corrected chi connectivity index (χ4v) is 0.923. The number of hydrogen-bond acceptors (Lipinski definition) is 5. The Hall–Kier alpha value is -1.89. The Morgan fingerprint density at radius 1 is 1.21 bits per heavy atom. The minimum atomic E-state index is -1.26. The minimum absolute atomic E-state index is 0.279. The second kappa shape index (κ2) is 8.25. The molecular formula is C12H19NO6. The van der Waals surface area contributed by atoms with Gasteiger partial charge in [0.2, 0.25) is 0 Å². The van der Waals surface area contributed by atoms with Crippen LogP contribution in [0.4, 0.5) is 0 Å². The summed E-state index contributed by atoms with van der Waals surface area (Å²) in [4.78, 5) is 32.3. The number of carbonyl (C=O) groups excluding carboxylic acids is 2. The number of carboxylic acid groups (broad SMARTS) is 1. The predicted molar refractivity (Wildman–Crippen MR) is 66.4 cm³/mol. The van der Waals surface area contributed by atoms with Crippen molar-refractivity contribution in [2.75, 3.05) is 19.8 Å². The summed E-state index contributed by atoms with van der Waals surface area (Å²) in [5, 5.41) is 10.8. The van der Waals surface area contributed by atoms with Crippen LogP contribution < -0.4 is 5.32 Å². The molecule has 0 aliphatic heterocycles. The molecule has 0 aromatic carbocycles. The number of rotatable bonds is 7. The first kappa shape index (κ1) is 17.1. The summed E-state index contributed by atoms with van der Waals surface area (Å²) in [6.45, 7) is 5.88. The Labute approximate surface area is 111 Å². The molecule has 0 bridgehead atoms. The fraction of sp³-hybridized carbons (Fsp3) is 0.583. The molecule has 7 heteroatoms. The normalized spacial score (nSPS) is 11.3. The smallest absolute Gasteiger partial charge is 0.331 e. The maximum absolute atomic E-state index is 11.2. The van der Waals surface area contributed by atoms with Crippen LogP contribution in [0.15, 0.2) is 12.2 Å². The van der Waals surface area contributed by atoms with Gasteiger partial charge >= 0.3 is 11.9 Å². The van der Waals surface area contributed by atoms with Crippen LogP contribution in [0.3, 0.4) is 0 Å². The third-order valence-corrected chi connectivity index (χ3v) is 1.67. The number of carboxylic acids is 1. The predicted octanol–water partition coefficient (Wildman–Crippen LogP) is 0.102. The molecule has 2 N–H and O–H groups in total. The summed E-state index contributed by atoms with van der Waals surface area (Å²) in [5.41, 5.74) is -0.279. The van der Waals surface area contributed by atoms with Crippen molar-refractivity contribution in [2.24, 2.45) is 0 Å². The van der Waals surface area contributed by atoms with Crippen molar-refractivity contribution >= 4 is 17.8 Å². The second-order valence-electron chi connectivity index (χ2n) is 4.59. The highest BCUT2D eigenvalue weighted by Gasteiger charge is 2.10. The molecule has 0 aromatic heterocycles. The molecule has 108 valence electrons. The van der Waals surface area contributed by atoms with Crippen molar-refractivity contribution < 1.29 is 29.0 Å². The molecule has 7 nitrogen and oxygen atoms in total. The van der Waals surface area contributed by atoms with E-state index in [9.17, 15) is 14.4 Å². The van der Waals surface area contributed by atoms with Crippen LogP contribution in [0, 0.1) is 0 Å².